The average Bonchev–Trinajstić information content (AvgIpc) is 2.75. The van der Waals surface area contributed by atoms with Gasteiger partial charge in [-0.3, -0.25) is 9.80 Å². The first-order valence-corrected chi connectivity index (χ1v) is 11.4. The number of benzene rings is 2. The van der Waals surface area contributed by atoms with Crippen LogP contribution in [-0.4, -0.2) is 68.3 Å². The SMILES string of the molecule is CCC(N1CCN(c2cccc(Cl)c2)CC1)N1CCN(c2cccc(Cl)c2)CC1. The molecule has 0 aliphatic carbocycles. The molecule has 2 heterocycles. The Morgan fingerprint density at radius 3 is 1.45 bits per heavy atom. The Hall–Kier alpha value is -1.46. The summed E-state index contributed by atoms with van der Waals surface area (Å²) in [6, 6.07) is 16.4. The summed E-state index contributed by atoms with van der Waals surface area (Å²) in [5.74, 6) is 0. The maximum absolute atomic E-state index is 6.18. The van der Waals surface area contributed by atoms with Crippen LogP contribution >= 0.6 is 23.2 Å². The van der Waals surface area contributed by atoms with Crippen molar-refractivity contribution >= 4 is 34.6 Å². The van der Waals surface area contributed by atoms with Crippen molar-refractivity contribution in [3.05, 3.63) is 58.6 Å². The summed E-state index contributed by atoms with van der Waals surface area (Å²) in [5, 5.41) is 1.63. The largest absolute Gasteiger partial charge is 0.369 e. The molecule has 2 aromatic rings. The lowest BCUT2D eigenvalue weighted by Crippen LogP contribution is -2.59. The van der Waals surface area contributed by atoms with Gasteiger partial charge in [-0.05, 0) is 42.8 Å². The molecule has 2 aliphatic rings. The second-order valence-electron chi connectivity index (χ2n) is 7.89. The van der Waals surface area contributed by atoms with Crippen LogP contribution in [0.1, 0.15) is 13.3 Å². The first-order valence-electron chi connectivity index (χ1n) is 10.6. The van der Waals surface area contributed by atoms with Gasteiger partial charge in [-0.25, -0.2) is 0 Å². The van der Waals surface area contributed by atoms with E-state index in [1.807, 2.05) is 24.3 Å². The molecule has 0 atom stereocenters. The molecular formula is C23H30Cl2N4. The molecule has 2 fully saturated rings. The van der Waals surface area contributed by atoms with E-state index in [9.17, 15) is 0 Å². The fourth-order valence-corrected chi connectivity index (χ4v) is 5.02. The Bertz CT molecular complexity index is 733. The molecule has 0 N–H and O–H groups in total. The Balaban J connectivity index is 1.32. The van der Waals surface area contributed by atoms with Crippen molar-refractivity contribution in [3.8, 4) is 0 Å². The second-order valence-corrected chi connectivity index (χ2v) is 8.77. The molecule has 4 nitrogen and oxygen atoms in total. The van der Waals surface area contributed by atoms with Crippen LogP contribution in [0.25, 0.3) is 0 Å². The van der Waals surface area contributed by atoms with Crippen LogP contribution in [0, 0.1) is 0 Å². The van der Waals surface area contributed by atoms with Crippen molar-refractivity contribution in [2.45, 2.75) is 19.5 Å². The van der Waals surface area contributed by atoms with Crippen LogP contribution in [0.5, 0.6) is 0 Å². The van der Waals surface area contributed by atoms with Crippen molar-refractivity contribution < 1.29 is 0 Å². The van der Waals surface area contributed by atoms with Gasteiger partial charge in [0.15, 0.2) is 0 Å². The van der Waals surface area contributed by atoms with E-state index in [0.29, 0.717) is 6.17 Å². The number of hydrogen-bond donors (Lipinski definition) is 0. The summed E-state index contributed by atoms with van der Waals surface area (Å²) < 4.78 is 0. The fraction of sp³-hybridized carbons (Fsp3) is 0.478. The standard InChI is InChI=1S/C23H30Cl2N4/c1-2-23(28-13-9-26(10-14-28)21-7-3-5-19(24)17-21)29-15-11-27(12-16-29)22-8-4-6-20(25)18-22/h3-8,17-18,23H,2,9-16H2,1H3. The Morgan fingerprint density at radius 1 is 0.690 bits per heavy atom. The summed E-state index contributed by atoms with van der Waals surface area (Å²) in [6.45, 7) is 10.9. The predicted octanol–water partition coefficient (Wildman–Crippen LogP) is 4.67. The van der Waals surface area contributed by atoms with Gasteiger partial charge in [-0.15, -0.1) is 0 Å². The normalized spacial score (nSPS) is 19.2. The van der Waals surface area contributed by atoms with Crippen molar-refractivity contribution in [1.29, 1.82) is 0 Å². The van der Waals surface area contributed by atoms with Gasteiger partial charge in [0.05, 0.1) is 6.17 Å². The number of hydrogen-bond acceptors (Lipinski definition) is 4. The molecule has 0 amide bonds. The maximum Gasteiger partial charge on any atom is 0.0622 e. The summed E-state index contributed by atoms with van der Waals surface area (Å²) in [5.41, 5.74) is 2.47. The van der Waals surface area contributed by atoms with Gasteiger partial charge >= 0.3 is 0 Å². The minimum absolute atomic E-state index is 0.526. The van der Waals surface area contributed by atoms with E-state index in [-0.39, 0.29) is 0 Å². The lowest BCUT2D eigenvalue weighted by atomic mass is 10.1. The van der Waals surface area contributed by atoms with Gasteiger partial charge < -0.3 is 9.80 Å². The van der Waals surface area contributed by atoms with E-state index in [2.05, 4.69) is 50.8 Å². The molecule has 0 bridgehead atoms. The number of piperazine rings is 2. The number of rotatable bonds is 5. The van der Waals surface area contributed by atoms with E-state index in [0.717, 1.165) is 68.8 Å². The molecule has 0 aromatic heterocycles. The van der Waals surface area contributed by atoms with Crippen molar-refractivity contribution in [1.82, 2.24) is 9.80 Å². The van der Waals surface area contributed by atoms with E-state index >= 15 is 0 Å². The molecule has 2 aromatic carbocycles. The van der Waals surface area contributed by atoms with Gasteiger partial charge in [0.1, 0.15) is 0 Å². The van der Waals surface area contributed by atoms with Gasteiger partial charge in [0.2, 0.25) is 0 Å². The molecule has 0 unspecified atom stereocenters. The minimum Gasteiger partial charge on any atom is -0.369 e. The van der Waals surface area contributed by atoms with Crippen molar-refractivity contribution in [2.75, 3.05) is 62.2 Å². The zero-order valence-electron chi connectivity index (χ0n) is 17.1. The molecule has 0 spiro atoms. The fourth-order valence-electron chi connectivity index (χ4n) is 4.65. The van der Waals surface area contributed by atoms with Crippen LogP contribution in [0.15, 0.2) is 48.5 Å². The monoisotopic (exact) mass is 432 g/mol. The smallest absolute Gasteiger partial charge is 0.0622 e. The second kappa shape index (κ2) is 9.57. The van der Waals surface area contributed by atoms with Gasteiger partial charge in [-0.1, -0.05) is 42.3 Å². The van der Waals surface area contributed by atoms with E-state index in [4.69, 9.17) is 23.2 Å². The third kappa shape index (κ3) is 5.00. The highest BCUT2D eigenvalue weighted by Crippen LogP contribution is 2.24. The third-order valence-electron chi connectivity index (χ3n) is 6.18. The van der Waals surface area contributed by atoms with E-state index in [1.54, 1.807) is 0 Å². The Kier molecular flexibility index (Phi) is 6.86. The summed E-state index contributed by atoms with van der Waals surface area (Å²) >= 11 is 12.4. The lowest BCUT2D eigenvalue weighted by molar-refractivity contribution is 0.0311. The minimum atomic E-state index is 0.526. The summed E-state index contributed by atoms with van der Waals surface area (Å²) in [6.07, 6.45) is 1.69. The highest BCUT2D eigenvalue weighted by atomic mass is 35.5. The molecule has 0 saturated carbocycles. The van der Waals surface area contributed by atoms with Crippen LogP contribution in [0.3, 0.4) is 0 Å². The zero-order chi connectivity index (χ0) is 20.2. The van der Waals surface area contributed by atoms with Crippen LogP contribution in [0.4, 0.5) is 11.4 Å². The first kappa shape index (κ1) is 20.8. The topological polar surface area (TPSA) is 13.0 Å². The summed E-state index contributed by atoms with van der Waals surface area (Å²) in [4.78, 5) is 10.2. The van der Waals surface area contributed by atoms with Gasteiger partial charge in [0, 0.05) is 73.8 Å². The van der Waals surface area contributed by atoms with Crippen LogP contribution in [-0.2, 0) is 0 Å². The third-order valence-corrected chi connectivity index (χ3v) is 6.65. The summed E-state index contributed by atoms with van der Waals surface area (Å²) in [7, 11) is 0. The molecule has 4 rings (SSSR count). The predicted molar refractivity (Wildman–Crippen MR) is 125 cm³/mol. The Morgan fingerprint density at radius 2 is 1.10 bits per heavy atom. The molecular weight excluding hydrogens is 403 g/mol. The van der Waals surface area contributed by atoms with Crippen molar-refractivity contribution in [2.24, 2.45) is 0 Å². The zero-order valence-corrected chi connectivity index (χ0v) is 18.6. The maximum atomic E-state index is 6.18. The molecule has 156 valence electrons. The lowest BCUT2D eigenvalue weighted by Gasteiger charge is -2.47. The number of anilines is 2. The first-order chi connectivity index (χ1) is 14.1. The highest BCUT2D eigenvalue weighted by molar-refractivity contribution is 6.31. The van der Waals surface area contributed by atoms with E-state index in [1.165, 1.54) is 11.4 Å². The average molecular weight is 433 g/mol. The molecule has 2 aliphatic heterocycles. The van der Waals surface area contributed by atoms with Crippen LogP contribution in [0.2, 0.25) is 10.0 Å². The quantitative estimate of drug-likeness (QED) is 0.679. The van der Waals surface area contributed by atoms with Gasteiger partial charge in [-0.2, -0.15) is 0 Å². The van der Waals surface area contributed by atoms with Crippen LogP contribution < -0.4 is 9.80 Å². The molecule has 2 saturated heterocycles. The van der Waals surface area contributed by atoms with Crippen molar-refractivity contribution in [3.63, 3.8) is 0 Å². The Labute approximate surface area is 184 Å². The van der Waals surface area contributed by atoms with E-state index < -0.39 is 0 Å². The molecule has 6 heteroatoms. The number of halogens is 2. The molecule has 29 heavy (non-hydrogen) atoms. The highest BCUT2D eigenvalue weighted by Gasteiger charge is 2.29. The number of nitrogens with zero attached hydrogens (tertiary/aromatic N) is 4. The molecule has 0 radical (unpaired) electrons. The van der Waals surface area contributed by atoms with Gasteiger partial charge in [0.25, 0.3) is 0 Å².